The van der Waals surface area contributed by atoms with Crippen molar-refractivity contribution in [3.05, 3.63) is 0 Å². The molecular formula is C22H44ClNO. The molecule has 1 aliphatic heterocycles. The highest BCUT2D eigenvalue weighted by molar-refractivity contribution is 5.67. The van der Waals surface area contributed by atoms with Gasteiger partial charge in [0.05, 0.1) is 19.5 Å². The van der Waals surface area contributed by atoms with E-state index >= 15 is 0 Å². The highest BCUT2D eigenvalue weighted by Gasteiger charge is 2.24. The third-order valence-electron chi connectivity index (χ3n) is 5.61. The van der Waals surface area contributed by atoms with Crippen molar-refractivity contribution in [2.45, 2.75) is 122 Å². The second-order valence-electron chi connectivity index (χ2n) is 7.93. The van der Waals surface area contributed by atoms with Crippen LogP contribution < -0.4 is 17.3 Å². The summed E-state index contributed by atoms with van der Waals surface area (Å²) < 4.78 is 0. The molecule has 1 amide bonds. The van der Waals surface area contributed by atoms with Crippen LogP contribution in [-0.2, 0) is 4.79 Å². The molecule has 3 heteroatoms. The number of carbonyl (C=O) groups is 1. The third-order valence-corrected chi connectivity index (χ3v) is 5.61. The summed E-state index contributed by atoms with van der Waals surface area (Å²) in [6.07, 6.45) is 24.6. The number of quaternary nitrogens is 1. The van der Waals surface area contributed by atoms with Crippen LogP contribution in [0.25, 0.3) is 0 Å². The van der Waals surface area contributed by atoms with E-state index in [1.165, 1.54) is 108 Å². The van der Waals surface area contributed by atoms with E-state index < -0.39 is 0 Å². The fourth-order valence-corrected chi connectivity index (χ4v) is 3.93. The minimum absolute atomic E-state index is 0. The van der Waals surface area contributed by atoms with Crippen molar-refractivity contribution in [2.75, 3.05) is 13.1 Å². The first-order valence-corrected chi connectivity index (χ1v) is 11.2. The molecule has 1 N–H and O–H groups in total. The van der Waals surface area contributed by atoms with Gasteiger partial charge in [0, 0.05) is 6.42 Å². The number of hydrogen-bond acceptors (Lipinski definition) is 1. The summed E-state index contributed by atoms with van der Waals surface area (Å²) in [5.74, 6) is 0.468. The lowest BCUT2D eigenvalue weighted by Gasteiger charge is -2.09. The molecule has 0 spiro atoms. The van der Waals surface area contributed by atoms with Crippen LogP contribution in [0.2, 0.25) is 0 Å². The van der Waals surface area contributed by atoms with E-state index in [0.717, 1.165) is 25.9 Å². The molecule has 1 rings (SSSR count). The van der Waals surface area contributed by atoms with Crippen molar-refractivity contribution in [3.8, 4) is 0 Å². The van der Waals surface area contributed by atoms with E-state index in [9.17, 15) is 4.79 Å². The summed E-state index contributed by atoms with van der Waals surface area (Å²) in [5, 5.41) is 0. The standard InChI is InChI=1S/C22H43NO.ClH/c1-2-3-4-5-6-7-8-9-10-11-12-13-14-15-16-17-20-23-21-18-19-22(23)24;/h2-21H2,1H3;1H. The monoisotopic (exact) mass is 373 g/mol. The van der Waals surface area contributed by atoms with Crippen LogP contribution in [0.5, 0.6) is 0 Å². The lowest BCUT2D eigenvalue weighted by molar-refractivity contribution is -0.811. The molecule has 150 valence electrons. The van der Waals surface area contributed by atoms with Gasteiger partial charge in [-0.15, -0.1) is 0 Å². The van der Waals surface area contributed by atoms with Gasteiger partial charge in [0.15, 0.2) is 0 Å². The number of amides is 1. The molecule has 1 saturated heterocycles. The summed E-state index contributed by atoms with van der Waals surface area (Å²) in [7, 11) is 0. The molecule has 0 aromatic carbocycles. The predicted molar refractivity (Wildman–Crippen MR) is 104 cm³/mol. The fraction of sp³-hybridized carbons (Fsp3) is 0.955. The molecule has 1 aliphatic rings. The van der Waals surface area contributed by atoms with E-state index in [1.54, 1.807) is 0 Å². The smallest absolute Gasteiger partial charge is 0.312 e. The highest BCUT2D eigenvalue weighted by Crippen LogP contribution is 2.13. The third kappa shape index (κ3) is 14.7. The van der Waals surface area contributed by atoms with Crippen LogP contribution in [0.4, 0.5) is 0 Å². The predicted octanol–water partition coefficient (Wildman–Crippen LogP) is 2.46. The number of halogens is 1. The zero-order chi connectivity index (χ0) is 17.3. The van der Waals surface area contributed by atoms with Crippen molar-refractivity contribution in [1.29, 1.82) is 0 Å². The number of likely N-dealkylation sites (tertiary alicyclic amines) is 1. The molecule has 1 unspecified atom stereocenters. The van der Waals surface area contributed by atoms with Gasteiger partial charge in [0.25, 0.3) is 0 Å². The fourth-order valence-electron chi connectivity index (χ4n) is 3.93. The second kappa shape index (κ2) is 18.7. The summed E-state index contributed by atoms with van der Waals surface area (Å²) in [6.45, 7) is 4.48. The molecule has 1 fully saturated rings. The van der Waals surface area contributed by atoms with Gasteiger partial charge in [0.2, 0.25) is 0 Å². The minimum atomic E-state index is 0. The molecule has 0 saturated carbocycles. The highest BCUT2D eigenvalue weighted by atomic mass is 35.5. The number of hydrogen-bond donors (Lipinski definition) is 1. The Labute approximate surface area is 163 Å². The first kappa shape index (κ1) is 24.9. The molecule has 2 nitrogen and oxygen atoms in total. The maximum atomic E-state index is 11.5. The number of rotatable bonds is 17. The Morgan fingerprint density at radius 1 is 0.680 bits per heavy atom. The minimum Gasteiger partial charge on any atom is -1.00 e. The van der Waals surface area contributed by atoms with Crippen LogP contribution in [0.3, 0.4) is 0 Å². The lowest BCUT2D eigenvalue weighted by Crippen LogP contribution is -3.12. The van der Waals surface area contributed by atoms with E-state index in [1.807, 2.05) is 0 Å². The molecule has 1 heterocycles. The zero-order valence-electron chi connectivity index (χ0n) is 16.9. The van der Waals surface area contributed by atoms with Gasteiger partial charge in [-0.25, -0.2) is 4.79 Å². The number of unbranched alkanes of at least 4 members (excludes halogenated alkanes) is 15. The topological polar surface area (TPSA) is 21.5 Å². The van der Waals surface area contributed by atoms with Crippen LogP contribution >= 0.6 is 0 Å². The Morgan fingerprint density at radius 3 is 1.44 bits per heavy atom. The van der Waals surface area contributed by atoms with Crippen molar-refractivity contribution in [2.24, 2.45) is 0 Å². The zero-order valence-corrected chi connectivity index (χ0v) is 17.7. The van der Waals surface area contributed by atoms with E-state index in [0.29, 0.717) is 5.91 Å². The molecule has 0 aromatic rings. The quantitative estimate of drug-likeness (QED) is 0.388. The molecule has 0 aromatic heterocycles. The van der Waals surface area contributed by atoms with Crippen molar-refractivity contribution < 1.29 is 22.1 Å². The van der Waals surface area contributed by atoms with Crippen LogP contribution in [-0.4, -0.2) is 19.0 Å². The summed E-state index contributed by atoms with van der Waals surface area (Å²) >= 11 is 0. The first-order chi connectivity index (χ1) is 11.8. The van der Waals surface area contributed by atoms with Crippen LogP contribution in [0.1, 0.15) is 122 Å². The van der Waals surface area contributed by atoms with Gasteiger partial charge in [0.1, 0.15) is 0 Å². The Kier molecular flexibility index (Phi) is 18.6. The lowest BCUT2D eigenvalue weighted by atomic mass is 10.0. The summed E-state index contributed by atoms with van der Waals surface area (Å²) in [4.78, 5) is 12.8. The molecule has 0 radical (unpaired) electrons. The van der Waals surface area contributed by atoms with Gasteiger partial charge >= 0.3 is 5.91 Å². The Hall–Kier alpha value is -0.0800. The van der Waals surface area contributed by atoms with E-state index in [4.69, 9.17) is 0 Å². The first-order valence-electron chi connectivity index (χ1n) is 11.2. The Balaban J connectivity index is 0.00000576. The van der Waals surface area contributed by atoms with Crippen molar-refractivity contribution in [3.63, 3.8) is 0 Å². The normalized spacial score (nSPS) is 17.0. The maximum absolute atomic E-state index is 11.5. The van der Waals surface area contributed by atoms with Gasteiger partial charge in [-0.3, -0.25) is 4.90 Å². The van der Waals surface area contributed by atoms with E-state index in [-0.39, 0.29) is 12.4 Å². The summed E-state index contributed by atoms with van der Waals surface area (Å²) in [5.41, 5.74) is 0. The van der Waals surface area contributed by atoms with E-state index in [2.05, 4.69) is 6.92 Å². The Morgan fingerprint density at radius 2 is 1.08 bits per heavy atom. The van der Waals surface area contributed by atoms with Crippen LogP contribution in [0.15, 0.2) is 0 Å². The summed E-state index contributed by atoms with van der Waals surface area (Å²) in [6, 6.07) is 0. The van der Waals surface area contributed by atoms with Crippen molar-refractivity contribution in [1.82, 2.24) is 0 Å². The van der Waals surface area contributed by atoms with Crippen LogP contribution in [0, 0.1) is 0 Å². The van der Waals surface area contributed by atoms with Gasteiger partial charge in [-0.05, 0) is 12.8 Å². The largest absolute Gasteiger partial charge is 1.00 e. The van der Waals surface area contributed by atoms with Crippen molar-refractivity contribution >= 4 is 5.91 Å². The molecule has 0 aliphatic carbocycles. The Bertz CT molecular complexity index is 296. The average Bonchev–Trinajstić information content (AvgIpc) is 2.99. The van der Waals surface area contributed by atoms with Gasteiger partial charge in [-0.1, -0.05) is 96.8 Å². The second-order valence-corrected chi connectivity index (χ2v) is 7.93. The maximum Gasteiger partial charge on any atom is 0.312 e. The van der Waals surface area contributed by atoms with Gasteiger partial charge in [-0.2, -0.15) is 0 Å². The number of nitrogens with one attached hydrogen (secondary N) is 1. The molecule has 25 heavy (non-hydrogen) atoms. The SMILES string of the molecule is CCCCCCCCCCCCCCCCCC[NH+]1CCCC1=O.[Cl-]. The average molecular weight is 374 g/mol. The molecule has 0 bridgehead atoms. The molecule has 1 atom stereocenters. The molecular weight excluding hydrogens is 330 g/mol. The number of carbonyl (C=O) groups excluding carboxylic acids is 1. The van der Waals surface area contributed by atoms with Gasteiger partial charge < -0.3 is 12.4 Å².